The van der Waals surface area contributed by atoms with Crippen LogP contribution < -0.4 is 10.1 Å². The lowest BCUT2D eigenvalue weighted by Gasteiger charge is -2.15. The molecule has 1 heterocycles. The van der Waals surface area contributed by atoms with Gasteiger partial charge in [0.25, 0.3) is 11.8 Å². The zero-order valence-corrected chi connectivity index (χ0v) is 16.2. The van der Waals surface area contributed by atoms with E-state index in [-0.39, 0.29) is 11.8 Å². The zero-order chi connectivity index (χ0) is 19.7. The van der Waals surface area contributed by atoms with Crippen molar-refractivity contribution in [3.63, 3.8) is 0 Å². The van der Waals surface area contributed by atoms with Crippen LogP contribution in [-0.2, 0) is 7.05 Å². The second kappa shape index (κ2) is 7.15. The van der Waals surface area contributed by atoms with Crippen molar-refractivity contribution in [2.24, 2.45) is 7.05 Å². The van der Waals surface area contributed by atoms with Crippen molar-refractivity contribution in [3.05, 3.63) is 59.3 Å². The molecule has 0 saturated carbocycles. The maximum atomic E-state index is 12.8. The molecule has 0 saturated heterocycles. The second-order valence-electron chi connectivity index (χ2n) is 6.72. The Labute approximate surface area is 158 Å². The molecule has 0 spiro atoms. The summed E-state index contributed by atoms with van der Waals surface area (Å²) in [5.74, 6) is 0.0366. The van der Waals surface area contributed by atoms with Gasteiger partial charge in [0.1, 0.15) is 11.4 Å². The van der Waals surface area contributed by atoms with Gasteiger partial charge < -0.3 is 19.5 Å². The second-order valence-corrected chi connectivity index (χ2v) is 6.72. The standard InChI is InChI=1S/C21H23N3O3/c1-13-6-8-17-14(10-13)11-18(24(17)4)20(25)22-15-7-9-19(27-5)16(12-15)21(26)23(2)3/h6-12H,1-5H3,(H,22,25). The van der Waals surface area contributed by atoms with Crippen LogP contribution in [0, 0.1) is 6.92 Å². The third-order valence-corrected chi connectivity index (χ3v) is 4.52. The van der Waals surface area contributed by atoms with Crippen molar-refractivity contribution in [2.45, 2.75) is 6.92 Å². The molecule has 0 unspecified atom stereocenters. The Morgan fingerprint density at radius 2 is 1.81 bits per heavy atom. The van der Waals surface area contributed by atoms with Gasteiger partial charge in [0.2, 0.25) is 0 Å². The van der Waals surface area contributed by atoms with Crippen molar-refractivity contribution in [2.75, 3.05) is 26.5 Å². The number of benzene rings is 2. The molecule has 0 aliphatic rings. The summed E-state index contributed by atoms with van der Waals surface area (Å²) in [5, 5.41) is 3.89. The number of amides is 2. The van der Waals surface area contributed by atoms with Crippen molar-refractivity contribution in [3.8, 4) is 5.75 Å². The third-order valence-electron chi connectivity index (χ3n) is 4.52. The van der Waals surface area contributed by atoms with Crippen LogP contribution in [0.5, 0.6) is 5.75 Å². The Morgan fingerprint density at radius 3 is 2.48 bits per heavy atom. The van der Waals surface area contributed by atoms with Gasteiger partial charge in [-0.25, -0.2) is 0 Å². The number of anilines is 1. The molecule has 0 fully saturated rings. The normalized spacial score (nSPS) is 10.7. The predicted octanol–water partition coefficient (Wildman–Crippen LogP) is 3.45. The SMILES string of the molecule is COc1ccc(NC(=O)c2cc3cc(C)ccc3n2C)cc1C(=O)N(C)C. The number of ether oxygens (including phenoxy) is 1. The molecule has 2 amide bonds. The van der Waals surface area contributed by atoms with Gasteiger partial charge in [-0.05, 0) is 43.3 Å². The Kier molecular flexibility index (Phi) is 4.90. The number of aryl methyl sites for hydroxylation is 2. The van der Waals surface area contributed by atoms with E-state index in [9.17, 15) is 9.59 Å². The summed E-state index contributed by atoms with van der Waals surface area (Å²) in [4.78, 5) is 26.6. The molecule has 0 radical (unpaired) electrons. The van der Waals surface area contributed by atoms with Crippen LogP contribution in [0.3, 0.4) is 0 Å². The molecule has 0 aliphatic heterocycles. The molecule has 1 N–H and O–H groups in total. The van der Waals surface area contributed by atoms with Gasteiger partial charge in [-0.1, -0.05) is 11.6 Å². The summed E-state index contributed by atoms with van der Waals surface area (Å²) in [6.45, 7) is 2.02. The molecule has 1 aromatic heterocycles. The van der Waals surface area contributed by atoms with Gasteiger partial charge in [0.05, 0.1) is 12.7 Å². The van der Waals surface area contributed by atoms with Crippen molar-refractivity contribution in [1.82, 2.24) is 9.47 Å². The maximum Gasteiger partial charge on any atom is 0.272 e. The van der Waals surface area contributed by atoms with Gasteiger partial charge in [0, 0.05) is 37.7 Å². The fourth-order valence-electron chi connectivity index (χ4n) is 3.08. The molecule has 0 bridgehead atoms. The monoisotopic (exact) mass is 365 g/mol. The zero-order valence-electron chi connectivity index (χ0n) is 16.2. The van der Waals surface area contributed by atoms with Gasteiger partial charge >= 0.3 is 0 Å². The summed E-state index contributed by atoms with van der Waals surface area (Å²) in [5.41, 5.74) is 3.61. The fraction of sp³-hybridized carbons (Fsp3) is 0.238. The highest BCUT2D eigenvalue weighted by Gasteiger charge is 2.18. The number of nitrogens with zero attached hydrogens (tertiary/aromatic N) is 2. The van der Waals surface area contributed by atoms with Crippen molar-refractivity contribution >= 4 is 28.4 Å². The molecule has 0 aliphatic carbocycles. The average molecular weight is 365 g/mol. The minimum atomic E-state index is -0.236. The molecule has 6 nitrogen and oxygen atoms in total. The Balaban J connectivity index is 1.93. The summed E-state index contributed by atoms with van der Waals surface area (Å²) >= 11 is 0. The number of carbonyl (C=O) groups excluding carboxylic acids is 2. The average Bonchev–Trinajstić information content (AvgIpc) is 2.96. The number of rotatable bonds is 4. The van der Waals surface area contributed by atoms with Crippen molar-refractivity contribution < 1.29 is 14.3 Å². The summed E-state index contributed by atoms with van der Waals surface area (Å²) in [6.07, 6.45) is 0. The van der Waals surface area contributed by atoms with Crippen LogP contribution in [0.1, 0.15) is 26.4 Å². The van der Waals surface area contributed by atoms with Crippen LogP contribution in [0.2, 0.25) is 0 Å². The lowest BCUT2D eigenvalue weighted by atomic mass is 10.1. The van der Waals surface area contributed by atoms with E-state index in [1.54, 1.807) is 32.3 Å². The Bertz CT molecular complexity index is 1030. The third kappa shape index (κ3) is 3.51. The van der Waals surface area contributed by atoms with E-state index in [0.717, 1.165) is 16.5 Å². The van der Waals surface area contributed by atoms with Gasteiger partial charge in [-0.15, -0.1) is 0 Å². The Hall–Kier alpha value is -3.28. The van der Waals surface area contributed by atoms with E-state index < -0.39 is 0 Å². The van der Waals surface area contributed by atoms with Gasteiger partial charge in [-0.2, -0.15) is 0 Å². The molecule has 2 aromatic carbocycles. The summed E-state index contributed by atoms with van der Waals surface area (Å²) in [6, 6.07) is 13.0. The maximum absolute atomic E-state index is 12.8. The molecule has 3 rings (SSSR count). The number of fused-ring (bicyclic) bond motifs is 1. The van der Waals surface area contributed by atoms with Crippen LogP contribution in [-0.4, -0.2) is 42.5 Å². The molecule has 0 atom stereocenters. The molecular formula is C21H23N3O3. The highest BCUT2D eigenvalue weighted by atomic mass is 16.5. The molecule has 27 heavy (non-hydrogen) atoms. The van der Waals surface area contributed by atoms with E-state index in [4.69, 9.17) is 4.74 Å². The number of hydrogen-bond donors (Lipinski definition) is 1. The first-order valence-electron chi connectivity index (χ1n) is 8.59. The van der Waals surface area contributed by atoms with E-state index >= 15 is 0 Å². The summed E-state index contributed by atoms with van der Waals surface area (Å²) < 4.78 is 7.13. The quantitative estimate of drug-likeness (QED) is 0.770. The molecule has 6 heteroatoms. The van der Waals surface area contributed by atoms with Gasteiger partial charge in [-0.3, -0.25) is 9.59 Å². The number of hydrogen-bond acceptors (Lipinski definition) is 3. The number of nitrogens with one attached hydrogen (secondary N) is 1. The van der Waals surface area contributed by atoms with Gasteiger partial charge in [0.15, 0.2) is 0 Å². The predicted molar refractivity (Wildman–Crippen MR) is 107 cm³/mol. The molecular weight excluding hydrogens is 342 g/mol. The lowest BCUT2D eigenvalue weighted by Crippen LogP contribution is -2.23. The Morgan fingerprint density at radius 1 is 1.07 bits per heavy atom. The fourth-order valence-corrected chi connectivity index (χ4v) is 3.08. The van der Waals surface area contributed by atoms with E-state index in [1.807, 2.05) is 42.8 Å². The molecule has 3 aromatic rings. The number of carbonyl (C=O) groups is 2. The van der Waals surface area contributed by atoms with E-state index in [2.05, 4.69) is 5.32 Å². The van der Waals surface area contributed by atoms with Crippen LogP contribution >= 0.6 is 0 Å². The first-order chi connectivity index (χ1) is 12.8. The number of aromatic nitrogens is 1. The minimum absolute atomic E-state index is 0.192. The highest BCUT2D eigenvalue weighted by molar-refractivity contribution is 6.07. The number of methoxy groups -OCH3 is 1. The first kappa shape index (κ1) is 18.5. The highest BCUT2D eigenvalue weighted by Crippen LogP contribution is 2.25. The summed E-state index contributed by atoms with van der Waals surface area (Å²) in [7, 11) is 6.72. The first-order valence-corrected chi connectivity index (χ1v) is 8.59. The van der Waals surface area contributed by atoms with Crippen molar-refractivity contribution in [1.29, 1.82) is 0 Å². The minimum Gasteiger partial charge on any atom is -0.496 e. The van der Waals surface area contributed by atoms with Crippen LogP contribution in [0.4, 0.5) is 5.69 Å². The smallest absolute Gasteiger partial charge is 0.272 e. The van der Waals surface area contributed by atoms with Crippen LogP contribution in [0.25, 0.3) is 10.9 Å². The van der Waals surface area contributed by atoms with E-state index in [1.165, 1.54) is 12.0 Å². The lowest BCUT2D eigenvalue weighted by molar-refractivity contribution is 0.0824. The van der Waals surface area contributed by atoms with Crippen LogP contribution in [0.15, 0.2) is 42.5 Å². The largest absolute Gasteiger partial charge is 0.496 e. The topological polar surface area (TPSA) is 63.6 Å². The van der Waals surface area contributed by atoms with E-state index in [0.29, 0.717) is 22.7 Å². The molecule has 140 valence electrons.